The molecule has 0 saturated carbocycles. The van der Waals surface area contributed by atoms with Crippen LogP contribution in [0.15, 0.2) is 48.5 Å². The van der Waals surface area contributed by atoms with Crippen molar-refractivity contribution in [2.75, 3.05) is 6.61 Å². The van der Waals surface area contributed by atoms with Gasteiger partial charge in [0.25, 0.3) is 0 Å². The van der Waals surface area contributed by atoms with Gasteiger partial charge in [-0.1, -0.05) is 48.5 Å². The minimum absolute atomic E-state index is 0.00900. The summed E-state index contributed by atoms with van der Waals surface area (Å²) in [5.74, 6) is -1.23. The molecule has 6 nitrogen and oxygen atoms in total. The van der Waals surface area contributed by atoms with E-state index in [-0.39, 0.29) is 31.1 Å². The van der Waals surface area contributed by atoms with Crippen LogP contribution < -0.4 is 5.32 Å². The van der Waals surface area contributed by atoms with Crippen molar-refractivity contribution in [3.8, 4) is 11.1 Å². The van der Waals surface area contributed by atoms with E-state index in [1.807, 2.05) is 48.5 Å². The van der Waals surface area contributed by atoms with Gasteiger partial charge in [-0.15, -0.1) is 0 Å². The number of Topliss-reactive ketones (excluding diaryl/α,β-unsaturated/α-hetero) is 1. The highest BCUT2D eigenvalue weighted by atomic mass is 16.5. The van der Waals surface area contributed by atoms with Gasteiger partial charge in [-0.25, -0.2) is 9.59 Å². The van der Waals surface area contributed by atoms with Crippen molar-refractivity contribution in [1.82, 2.24) is 5.32 Å². The van der Waals surface area contributed by atoms with Crippen LogP contribution in [-0.2, 0) is 14.3 Å². The number of rotatable bonds is 8. The summed E-state index contributed by atoms with van der Waals surface area (Å²) < 4.78 is 5.37. The highest BCUT2D eigenvalue weighted by molar-refractivity contribution is 5.81. The van der Waals surface area contributed by atoms with E-state index in [2.05, 4.69) is 5.32 Å². The summed E-state index contributed by atoms with van der Waals surface area (Å²) in [6.07, 6.45) is 0.0997. The quantitative estimate of drug-likeness (QED) is 0.727. The van der Waals surface area contributed by atoms with Gasteiger partial charge in [0, 0.05) is 12.3 Å². The molecule has 0 radical (unpaired) electrons. The maximum absolute atomic E-state index is 12.2. The number of amides is 1. The first-order chi connectivity index (χ1) is 13.5. The van der Waals surface area contributed by atoms with Crippen LogP contribution in [0.25, 0.3) is 11.1 Å². The number of benzene rings is 2. The molecule has 0 aliphatic heterocycles. The lowest BCUT2D eigenvalue weighted by Gasteiger charge is -2.17. The molecule has 6 heteroatoms. The Morgan fingerprint density at radius 2 is 1.61 bits per heavy atom. The molecular weight excluding hydrogens is 358 g/mol. The van der Waals surface area contributed by atoms with Crippen LogP contribution in [0.2, 0.25) is 0 Å². The standard InChI is InChI=1S/C22H23NO5/c1-14(24)7-6-12-20(21(25)26)23-22(27)28-13-19-17-10-4-2-8-15(17)16-9-3-5-11-18(16)19/h2-5,8-11,19-20H,6-7,12-13H2,1H3,(H,23,27)(H,25,26). The van der Waals surface area contributed by atoms with Crippen LogP contribution in [0, 0.1) is 0 Å². The zero-order valence-corrected chi connectivity index (χ0v) is 15.7. The maximum Gasteiger partial charge on any atom is 0.407 e. The van der Waals surface area contributed by atoms with Crippen LogP contribution in [0.3, 0.4) is 0 Å². The summed E-state index contributed by atoms with van der Waals surface area (Å²) >= 11 is 0. The molecule has 0 heterocycles. The fourth-order valence-corrected chi connectivity index (χ4v) is 3.59. The van der Waals surface area contributed by atoms with E-state index < -0.39 is 18.1 Å². The van der Waals surface area contributed by atoms with Crippen molar-refractivity contribution in [3.05, 3.63) is 59.7 Å². The molecule has 1 amide bonds. The molecular formula is C22H23NO5. The number of alkyl carbamates (subject to hydrolysis) is 1. The van der Waals surface area contributed by atoms with Gasteiger partial charge in [0.05, 0.1) is 0 Å². The lowest BCUT2D eigenvalue weighted by Crippen LogP contribution is -2.41. The fourth-order valence-electron chi connectivity index (χ4n) is 3.59. The lowest BCUT2D eigenvalue weighted by atomic mass is 9.98. The first kappa shape index (κ1) is 19.6. The van der Waals surface area contributed by atoms with Gasteiger partial charge in [0.1, 0.15) is 18.4 Å². The van der Waals surface area contributed by atoms with Crippen molar-refractivity contribution >= 4 is 17.8 Å². The van der Waals surface area contributed by atoms with Crippen LogP contribution in [0.1, 0.15) is 43.2 Å². The van der Waals surface area contributed by atoms with Gasteiger partial charge >= 0.3 is 12.1 Å². The van der Waals surface area contributed by atoms with Crippen molar-refractivity contribution < 1.29 is 24.2 Å². The monoisotopic (exact) mass is 381 g/mol. The van der Waals surface area contributed by atoms with Gasteiger partial charge in [-0.05, 0) is 42.0 Å². The Kier molecular flexibility index (Phi) is 6.09. The third-order valence-electron chi connectivity index (χ3n) is 4.96. The number of fused-ring (bicyclic) bond motifs is 3. The Labute approximate surface area is 163 Å². The summed E-state index contributed by atoms with van der Waals surface area (Å²) in [5.41, 5.74) is 4.43. The molecule has 28 heavy (non-hydrogen) atoms. The van der Waals surface area contributed by atoms with E-state index in [1.165, 1.54) is 6.92 Å². The molecule has 1 atom stereocenters. The molecule has 3 rings (SSSR count). The van der Waals surface area contributed by atoms with Gasteiger partial charge in [0.2, 0.25) is 0 Å². The minimum atomic E-state index is -1.14. The summed E-state index contributed by atoms with van der Waals surface area (Å²) in [6, 6.07) is 14.9. The summed E-state index contributed by atoms with van der Waals surface area (Å²) in [7, 11) is 0. The number of ketones is 1. The zero-order chi connectivity index (χ0) is 20.1. The first-order valence-electron chi connectivity index (χ1n) is 9.31. The normalized spacial score (nSPS) is 13.3. The van der Waals surface area contributed by atoms with Crippen molar-refractivity contribution in [1.29, 1.82) is 0 Å². The van der Waals surface area contributed by atoms with E-state index in [0.29, 0.717) is 6.42 Å². The van der Waals surface area contributed by atoms with E-state index in [0.717, 1.165) is 22.3 Å². The number of carbonyl (C=O) groups excluding carboxylic acids is 2. The number of hydrogen-bond acceptors (Lipinski definition) is 4. The second kappa shape index (κ2) is 8.69. The Morgan fingerprint density at radius 1 is 1.04 bits per heavy atom. The molecule has 0 fully saturated rings. The predicted molar refractivity (Wildman–Crippen MR) is 104 cm³/mol. The topological polar surface area (TPSA) is 92.7 Å². The molecule has 2 N–H and O–H groups in total. The molecule has 0 spiro atoms. The average Bonchev–Trinajstić information content (AvgIpc) is 2.99. The van der Waals surface area contributed by atoms with E-state index in [4.69, 9.17) is 4.74 Å². The van der Waals surface area contributed by atoms with Crippen LogP contribution in [0.5, 0.6) is 0 Å². The Balaban J connectivity index is 1.62. The van der Waals surface area contributed by atoms with Gasteiger partial charge in [0.15, 0.2) is 0 Å². The molecule has 0 aromatic heterocycles. The van der Waals surface area contributed by atoms with Crippen LogP contribution >= 0.6 is 0 Å². The Morgan fingerprint density at radius 3 is 2.14 bits per heavy atom. The molecule has 0 saturated heterocycles. The average molecular weight is 381 g/mol. The first-order valence-corrected chi connectivity index (χ1v) is 9.31. The van der Waals surface area contributed by atoms with E-state index >= 15 is 0 Å². The van der Waals surface area contributed by atoms with Crippen molar-refractivity contribution in [3.63, 3.8) is 0 Å². The number of carboxylic acids is 1. The molecule has 1 aliphatic carbocycles. The molecule has 2 aromatic rings. The third-order valence-corrected chi connectivity index (χ3v) is 4.96. The smallest absolute Gasteiger partial charge is 0.407 e. The molecule has 2 aromatic carbocycles. The SMILES string of the molecule is CC(=O)CCCC(NC(=O)OCC1c2ccccc2-c2ccccc21)C(=O)O. The molecule has 1 aliphatic rings. The van der Waals surface area contributed by atoms with Crippen LogP contribution in [-0.4, -0.2) is 35.6 Å². The highest BCUT2D eigenvalue weighted by Crippen LogP contribution is 2.44. The van der Waals surface area contributed by atoms with Crippen molar-refractivity contribution in [2.45, 2.75) is 38.1 Å². The Hall–Kier alpha value is -3.15. The number of hydrogen-bond donors (Lipinski definition) is 2. The van der Waals surface area contributed by atoms with E-state index in [1.54, 1.807) is 0 Å². The van der Waals surface area contributed by atoms with Gasteiger partial charge < -0.3 is 20.0 Å². The molecule has 146 valence electrons. The van der Waals surface area contributed by atoms with E-state index in [9.17, 15) is 19.5 Å². The number of carbonyl (C=O) groups is 3. The second-order valence-corrected chi connectivity index (χ2v) is 6.95. The summed E-state index contributed by atoms with van der Waals surface area (Å²) in [4.78, 5) is 34.5. The number of ether oxygens (including phenoxy) is 1. The van der Waals surface area contributed by atoms with Crippen molar-refractivity contribution in [2.24, 2.45) is 0 Å². The van der Waals surface area contributed by atoms with Gasteiger partial charge in [-0.3, -0.25) is 0 Å². The highest BCUT2D eigenvalue weighted by Gasteiger charge is 2.29. The predicted octanol–water partition coefficient (Wildman–Crippen LogP) is 3.74. The largest absolute Gasteiger partial charge is 0.480 e. The maximum atomic E-state index is 12.2. The zero-order valence-electron chi connectivity index (χ0n) is 15.7. The van der Waals surface area contributed by atoms with Gasteiger partial charge in [-0.2, -0.15) is 0 Å². The molecule has 0 bridgehead atoms. The lowest BCUT2D eigenvalue weighted by molar-refractivity contribution is -0.139. The molecule has 1 unspecified atom stereocenters. The third kappa shape index (κ3) is 4.39. The second-order valence-electron chi connectivity index (χ2n) is 6.95. The number of carboxylic acid groups (broad SMARTS) is 1. The van der Waals surface area contributed by atoms with Crippen LogP contribution in [0.4, 0.5) is 4.79 Å². The summed E-state index contributed by atoms with van der Waals surface area (Å²) in [6.45, 7) is 1.58. The number of nitrogens with one attached hydrogen (secondary N) is 1. The minimum Gasteiger partial charge on any atom is -0.480 e. The summed E-state index contributed by atoms with van der Waals surface area (Å²) in [5, 5.41) is 11.7. The fraction of sp³-hybridized carbons (Fsp3) is 0.318. The Bertz CT molecular complexity index is 847. The number of aliphatic carboxylic acids is 1.